The van der Waals surface area contributed by atoms with Crippen molar-refractivity contribution in [1.82, 2.24) is 9.88 Å². The average molecular weight is 386 g/mol. The number of anilines is 2. The van der Waals surface area contributed by atoms with Gasteiger partial charge in [0.05, 0.1) is 31.7 Å². The van der Waals surface area contributed by atoms with Gasteiger partial charge in [0, 0.05) is 32.6 Å². The number of carbonyl (C=O) groups excluding carboxylic acids is 3. The SMILES string of the molecule is COC(=O)CCC(=O)Nc1ccc(N2CCN(C(=O)c3ccco3)CC2)nc1. The Labute approximate surface area is 162 Å². The van der Waals surface area contributed by atoms with E-state index in [1.54, 1.807) is 29.3 Å². The summed E-state index contributed by atoms with van der Waals surface area (Å²) in [4.78, 5) is 43.4. The zero-order chi connectivity index (χ0) is 19.9. The fourth-order valence-corrected chi connectivity index (χ4v) is 2.88. The Morgan fingerprint density at radius 2 is 1.93 bits per heavy atom. The van der Waals surface area contributed by atoms with Gasteiger partial charge in [-0.1, -0.05) is 0 Å². The molecular weight excluding hydrogens is 364 g/mol. The number of esters is 1. The Hall–Kier alpha value is -3.36. The number of nitrogens with one attached hydrogen (secondary N) is 1. The van der Waals surface area contributed by atoms with Crippen molar-refractivity contribution in [3.05, 3.63) is 42.5 Å². The van der Waals surface area contributed by atoms with Crippen LogP contribution in [-0.2, 0) is 14.3 Å². The molecule has 2 aromatic rings. The Bertz CT molecular complexity index is 811. The molecule has 9 nitrogen and oxygen atoms in total. The van der Waals surface area contributed by atoms with Crippen molar-refractivity contribution < 1.29 is 23.5 Å². The highest BCUT2D eigenvalue weighted by Crippen LogP contribution is 2.17. The highest BCUT2D eigenvalue weighted by Gasteiger charge is 2.24. The van der Waals surface area contributed by atoms with Crippen LogP contribution in [0.15, 0.2) is 41.1 Å². The maximum atomic E-state index is 12.3. The lowest BCUT2D eigenvalue weighted by molar-refractivity contribution is -0.141. The molecular formula is C19H22N4O5. The largest absolute Gasteiger partial charge is 0.469 e. The van der Waals surface area contributed by atoms with Gasteiger partial charge in [0.2, 0.25) is 5.91 Å². The van der Waals surface area contributed by atoms with E-state index >= 15 is 0 Å². The van der Waals surface area contributed by atoms with Crippen molar-refractivity contribution in [1.29, 1.82) is 0 Å². The van der Waals surface area contributed by atoms with Crippen LogP contribution in [-0.4, -0.2) is 61.0 Å². The van der Waals surface area contributed by atoms with Crippen LogP contribution >= 0.6 is 0 Å². The van der Waals surface area contributed by atoms with Crippen LogP contribution in [0.25, 0.3) is 0 Å². The number of piperazine rings is 1. The number of ether oxygens (including phenoxy) is 1. The highest BCUT2D eigenvalue weighted by atomic mass is 16.5. The fourth-order valence-electron chi connectivity index (χ4n) is 2.88. The second-order valence-corrected chi connectivity index (χ2v) is 6.29. The zero-order valence-corrected chi connectivity index (χ0v) is 15.6. The molecule has 2 aromatic heterocycles. The highest BCUT2D eigenvalue weighted by molar-refractivity contribution is 5.92. The molecule has 0 spiro atoms. The van der Waals surface area contributed by atoms with E-state index in [1.807, 2.05) is 6.07 Å². The smallest absolute Gasteiger partial charge is 0.306 e. The topological polar surface area (TPSA) is 105 Å². The van der Waals surface area contributed by atoms with Crippen molar-refractivity contribution in [2.45, 2.75) is 12.8 Å². The van der Waals surface area contributed by atoms with Gasteiger partial charge in [-0.05, 0) is 24.3 Å². The van der Waals surface area contributed by atoms with E-state index < -0.39 is 5.97 Å². The molecule has 3 heterocycles. The van der Waals surface area contributed by atoms with Crippen molar-refractivity contribution in [3.8, 4) is 0 Å². The van der Waals surface area contributed by atoms with Gasteiger partial charge in [0.25, 0.3) is 5.91 Å². The number of aromatic nitrogens is 1. The molecule has 9 heteroatoms. The standard InChI is InChI=1S/C19H22N4O5/c1-27-18(25)7-6-17(24)21-14-4-5-16(20-13-14)22-8-10-23(11-9-22)19(26)15-3-2-12-28-15/h2-5,12-13H,6-11H2,1H3,(H,21,24). The quantitative estimate of drug-likeness (QED) is 0.751. The first-order valence-electron chi connectivity index (χ1n) is 8.97. The Morgan fingerprint density at radius 3 is 2.54 bits per heavy atom. The van der Waals surface area contributed by atoms with E-state index in [4.69, 9.17) is 4.42 Å². The monoisotopic (exact) mass is 386 g/mol. The summed E-state index contributed by atoms with van der Waals surface area (Å²) in [5.74, 6) is 0.317. The summed E-state index contributed by atoms with van der Waals surface area (Å²) in [5, 5.41) is 2.70. The molecule has 0 aliphatic carbocycles. The number of carbonyl (C=O) groups is 3. The molecule has 28 heavy (non-hydrogen) atoms. The molecule has 1 fully saturated rings. The van der Waals surface area contributed by atoms with Crippen LogP contribution in [0.1, 0.15) is 23.4 Å². The fraction of sp³-hybridized carbons (Fsp3) is 0.368. The predicted octanol–water partition coefficient (Wildman–Crippen LogP) is 1.53. The van der Waals surface area contributed by atoms with Crippen LogP contribution in [0.5, 0.6) is 0 Å². The van der Waals surface area contributed by atoms with Crippen LogP contribution in [0.4, 0.5) is 11.5 Å². The Balaban J connectivity index is 1.48. The van der Waals surface area contributed by atoms with Gasteiger partial charge < -0.3 is 24.3 Å². The molecule has 148 valence electrons. The number of methoxy groups -OCH3 is 1. The predicted molar refractivity (Wildman–Crippen MR) is 101 cm³/mol. The summed E-state index contributed by atoms with van der Waals surface area (Å²) in [6, 6.07) is 6.94. The van der Waals surface area contributed by atoms with Gasteiger partial charge in [-0.25, -0.2) is 4.98 Å². The molecule has 3 rings (SSSR count). The van der Waals surface area contributed by atoms with Crippen LogP contribution in [0.2, 0.25) is 0 Å². The van der Waals surface area contributed by atoms with Gasteiger partial charge >= 0.3 is 5.97 Å². The first kappa shape index (κ1) is 19.4. The summed E-state index contributed by atoms with van der Waals surface area (Å²) < 4.78 is 9.67. The third kappa shape index (κ3) is 4.87. The number of amides is 2. The molecule has 1 saturated heterocycles. The second kappa shape index (κ2) is 9.03. The average Bonchev–Trinajstić information content (AvgIpc) is 3.27. The van der Waals surface area contributed by atoms with E-state index in [1.165, 1.54) is 13.4 Å². The molecule has 1 aliphatic rings. The van der Waals surface area contributed by atoms with Gasteiger partial charge in [-0.3, -0.25) is 14.4 Å². The van der Waals surface area contributed by atoms with E-state index in [0.29, 0.717) is 37.6 Å². The number of rotatable bonds is 6. The molecule has 0 aromatic carbocycles. The molecule has 1 aliphatic heterocycles. The van der Waals surface area contributed by atoms with Crippen molar-refractivity contribution in [3.63, 3.8) is 0 Å². The normalized spacial score (nSPS) is 13.9. The third-order valence-electron chi connectivity index (χ3n) is 4.44. The third-order valence-corrected chi connectivity index (χ3v) is 4.44. The van der Waals surface area contributed by atoms with Crippen LogP contribution in [0.3, 0.4) is 0 Å². The van der Waals surface area contributed by atoms with E-state index in [0.717, 1.165) is 5.82 Å². The molecule has 1 N–H and O–H groups in total. The minimum Gasteiger partial charge on any atom is -0.469 e. The maximum absolute atomic E-state index is 12.3. The molecule has 0 atom stereocenters. The van der Waals surface area contributed by atoms with E-state index in [9.17, 15) is 14.4 Å². The number of hydrogen-bond acceptors (Lipinski definition) is 7. The molecule has 0 radical (unpaired) electrons. The Kier molecular flexibility index (Phi) is 6.25. The lowest BCUT2D eigenvalue weighted by Crippen LogP contribution is -2.49. The van der Waals surface area contributed by atoms with Crippen molar-refractivity contribution in [2.24, 2.45) is 0 Å². The van der Waals surface area contributed by atoms with Gasteiger partial charge in [0.1, 0.15) is 5.82 Å². The molecule has 0 unspecified atom stereocenters. The van der Waals surface area contributed by atoms with Gasteiger partial charge in [-0.2, -0.15) is 0 Å². The first-order chi connectivity index (χ1) is 13.6. The summed E-state index contributed by atoms with van der Waals surface area (Å²) in [6.45, 7) is 2.47. The minimum absolute atomic E-state index is 0.0366. The number of nitrogens with zero attached hydrogens (tertiary/aromatic N) is 3. The summed E-state index contributed by atoms with van der Waals surface area (Å²) >= 11 is 0. The zero-order valence-electron chi connectivity index (χ0n) is 15.6. The number of pyridine rings is 1. The lowest BCUT2D eigenvalue weighted by atomic mass is 10.2. The molecule has 0 bridgehead atoms. The number of hydrogen-bond donors (Lipinski definition) is 1. The van der Waals surface area contributed by atoms with E-state index in [-0.39, 0.29) is 24.7 Å². The van der Waals surface area contributed by atoms with E-state index in [2.05, 4.69) is 19.9 Å². The molecule has 0 saturated carbocycles. The first-order valence-corrected chi connectivity index (χ1v) is 8.97. The van der Waals surface area contributed by atoms with Crippen LogP contribution in [0, 0.1) is 0 Å². The van der Waals surface area contributed by atoms with Gasteiger partial charge in [0.15, 0.2) is 5.76 Å². The summed E-state index contributed by atoms with van der Waals surface area (Å²) in [5.41, 5.74) is 0.560. The van der Waals surface area contributed by atoms with Crippen molar-refractivity contribution in [2.75, 3.05) is 43.5 Å². The summed E-state index contributed by atoms with van der Waals surface area (Å²) in [6.07, 6.45) is 3.16. The summed E-state index contributed by atoms with van der Waals surface area (Å²) in [7, 11) is 1.29. The second-order valence-electron chi connectivity index (χ2n) is 6.29. The Morgan fingerprint density at radius 1 is 1.14 bits per heavy atom. The lowest BCUT2D eigenvalue weighted by Gasteiger charge is -2.35. The molecule has 2 amide bonds. The van der Waals surface area contributed by atoms with Crippen molar-refractivity contribution >= 4 is 29.3 Å². The van der Waals surface area contributed by atoms with Gasteiger partial charge in [-0.15, -0.1) is 0 Å². The van der Waals surface area contributed by atoms with Crippen LogP contribution < -0.4 is 10.2 Å². The number of furan rings is 1. The minimum atomic E-state index is -0.423. The maximum Gasteiger partial charge on any atom is 0.306 e.